The number of hydrogen-bond acceptors (Lipinski definition) is 4. The first-order valence-corrected chi connectivity index (χ1v) is 14.0. The van der Waals surface area contributed by atoms with Crippen molar-refractivity contribution in [2.75, 3.05) is 4.90 Å². The number of ether oxygens (including phenoxy) is 1. The number of anilines is 1. The Kier molecular flexibility index (Phi) is 6.74. The summed E-state index contributed by atoms with van der Waals surface area (Å²) in [5.41, 5.74) is 3.06. The number of benzene rings is 2. The molecule has 6 rings (SSSR count). The molecule has 0 aromatic heterocycles. The highest BCUT2D eigenvalue weighted by Gasteiger charge is 2.51. The lowest BCUT2D eigenvalue weighted by atomic mass is 9.80. The number of carbonyl (C=O) groups is 3. The SMILES string of the molecule is O=C(O)CCC(=O)N(C1CC1)[C@H]1c2cc(C3CC3)ccc2N(C(=O)c2ccc(OC(F)(F)F)cc2)[C@@H]2CCC[C@@H]21. The van der Waals surface area contributed by atoms with Crippen LogP contribution in [0, 0.1) is 5.92 Å². The second-order valence-electron chi connectivity index (χ2n) is 11.4. The zero-order chi connectivity index (χ0) is 28.2. The lowest BCUT2D eigenvalue weighted by Crippen LogP contribution is -2.53. The minimum Gasteiger partial charge on any atom is -0.481 e. The Morgan fingerprint density at radius 3 is 2.30 bits per heavy atom. The molecule has 2 aromatic carbocycles. The normalized spacial score (nSPS) is 23.8. The molecule has 3 aliphatic carbocycles. The number of halogens is 3. The molecule has 3 fully saturated rings. The smallest absolute Gasteiger partial charge is 0.481 e. The van der Waals surface area contributed by atoms with Crippen molar-refractivity contribution >= 4 is 23.5 Å². The first-order chi connectivity index (χ1) is 19.1. The molecule has 2 amide bonds. The second kappa shape index (κ2) is 10.1. The maximum absolute atomic E-state index is 14.0. The molecule has 0 spiro atoms. The fourth-order valence-corrected chi connectivity index (χ4v) is 6.60. The van der Waals surface area contributed by atoms with Gasteiger partial charge in [0.1, 0.15) is 5.75 Å². The van der Waals surface area contributed by atoms with Crippen LogP contribution in [0.4, 0.5) is 18.9 Å². The number of fused-ring (bicyclic) bond motifs is 2. The highest BCUT2D eigenvalue weighted by molar-refractivity contribution is 6.07. The van der Waals surface area contributed by atoms with E-state index in [0.29, 0.717) is 5.92 Å². The molecule has 4 aliphatic rings. The zero-order valence-electron chi connectivity index (χ0n) is 21.9. The van der Waals surface area contributed by atoms with Crippen molar-refractivity contribution in [1.82, 2.24) is 4.90 Å². The average molecular weight is 557 g/mol. The predicted molar refractivity (Wildman–Crippen MR) is 139 cm³/mol. The second-order valence-corrected chi connectivity index (χ2v) is 11.4. The van der Waals surface area contributed by atoms with E-state index in [9.17, 15) is 32.7 Å². The van der Waals surface area contributed by atoms with E-state index in [0.717, 1.165) is 68.3 Å². The van der Waals surface area contributed by atoms with E-state index in [1.54, 1.807) is 4.90 Å². The van der Waals surface area contributed by atoms with Crippen molar-refractivity contribution in [2.24, 2.45) is 5.92 Å². The van der Waals surface area contributed by atoms with Crippen LogP contribution in [0.3, 0.4) is 0 Å². The summed E-state index contributed by atoms with van der Waals surface area (Å²) in [6.45, 7) is 0. The molecule has 0 radical (unpaired) electrons. The molecular weight excluding hydrogens is 525 g/mol. The fourth-order valence-electron chi connectivity index (χ4n) is 6.60. The van der Waals surface area contributed by atoms with E-state index in [1.165, 1.54) is 17.7 Å². The van der Waals surface area contributed by atoms with Crippen LogP contribution in [0.1, 0.15) is 91.2 Å². The molecule has 0 bridgehead atoms. The summed E-state index contributed by atoms with van der Waals surface area (Å²) >= 11 is 0. The molecule has 0 unspecified atom stereocenters. The quantitative estimate of drug-likeness (QED) is 0.419. The van der Waals surface area contributed by atoms with Gasteiger partial charge in [-0.15, -0.1) is 13.2 Å². The molecule has 10 heteroatoms. The number of carboxylic acids is 1. The van der Waals surface area contributed by atoms with Gasteiger partial charge in [0.25, 0.3) is 5.91 Å². The van der Waals surface area contributed by atoms with Gasteiger partial charge in [-0.1, -0.05) is 18.6 Å². The number of aliphatic carboxylic acids is 1. The summed E-state index contributed by atoms with van der Waals surface area (Å²) in [4.78, 5) is 42.5. The first kappa shape index (κ1) is 26.7. The molecule has 0 saturated heterocycles. The van der Waals surface area contributed by atoms with Crippen LogP contribution < -0.4 is 9.64 Å². The standard InChI is InChI=1S/C30H31F3N2O5/c31-30(32,33)40-21-11-6-18(7-12-21)29(39)35-24-3-1-2-22(24)28(23-16-19(17-4-5-17)8-13-25(23)35)34(20-9-10-20)26(36)14-15-27(37)38/h6-8,11-13,16-17,20,22,24,28H,1-5,9-10,14-15H2,(H,37,38)/t22-,24+,28+/m0/s1. The Morgan fingerprint density at radius 1 is 0.950 bits per heavy atom. The molecule has 40 heavy (non-hydrogen) atoms. The van der Waals surface area contributed by atoms with Crippen molar-refractivity contribution in [3.63, 3.8) is 0 Å². The van der Waals surface area contributed by atoms with Gasteiger partial charge < -0.3 is 19.6 Å². The average Bonchev–Trinajstić information content (AvgIpc) is 3.84. The monoisotopic (exact) mass is 556 g/mol. The maximum atomic E-state index is 14.0. The summed E-state index contributed by atoms with van der Waals surface area (Å²) in [7, 11) is 0. The summed E-state index contributed by atoms with van der Waals surface area (Å²) in [6.07, 6.45) is 1.26. The van der Waals surface area contributed by atoms with Crippen molar-refractivity contribution < 1.29 is 37.4 Å². The minimum absolute atomic E-state index is 0.0203. The van der Waals surface area contributed by atoms with E-state index in [1.807, 2.05) is 17.0 Å². The summed E-state index contributed by atoms with van der Waals surface area (Å²) in [5, 5.41) is 9.22. The number of amides is 2. The summed E-state index contributed by atoms with van der Waals surface area (Å²) in [6, 6.07) is 10.7. The van der Waals surface area contributed by atoms with Crippen LogP contribution in [0.15, 0.2) is 42.5 Å². The molecular formula is C30H31F3N2O5. The Morgan fingerprint density at radius 2 is 1.68 bits per heavy atom. The summed E-state index contributed by atoms with van der Waals surface area (Å²) < 4.78 is 41.9. The van der Waals surface area contributed by atoms with Gasteiger partial charge in [-0.2, -0.15) is 0 Å². The lowest BCUT2D eigenvalue weighted by molar-refractivity contribution is -0.274. The maximum Gasteiger partial charge on any atom is 0.573 e. The number of carboxylic acid groups (broad SMARTS) is 1. The Labute approximate surface area is 229 Å². The fraction of sp³-hybridized carbons (Fsp3) is 0.500. The van der Waals surface area contributed by atoms with Crippen LogP contribution in [0.25, 0.3) is 0 Å². The van der Waals surface area contributed by atoms with Gasteiger partial charge in [0.05, 0.1) is 12.5 Å². The van der Waals surface area contributed by atoms with E-state index in [4.69, 9.17) is 0 Å². The molecule has 1 heterocycles. The first-order valence-electron chi connectivity index (χ1n) is 14.0. The van der Waals surface area contributed by atoms with Crippen molar-refractivity contribution in [1.29, 1.82) is 0 Å². The van der Waals surface area contributed by atoms with Crippen LogP contribution in [0.5, 0.6) is 5.75 Å². The van der Waals surface area contributed by atoms with Gasteiger partial charge in [-0.3, -0.25) is 14.4 Å². The predicted octanol–water partition coefficient (Wildman–Crippen LogP) is 6.19. The van der Waals surface area contributed by atoms with E-state index >= 15 is 0 Å². The van der Waals surface area contributed by atoms with Gasteiger partial charge in [0.2, 0.25) is 5.91 Å². The van der Waals surface area contributed by atoms with Crippen molar-refractivity contribution in [2.45, 2.75) is 88.2 Å². The lowest BCUT2D eigenvalue weighted by Gasteiger charge is -2.48. The van der Waals surface area contributed by atoms with Crippen LogP contribution >= 0.6 is 0 Å². The molecule has 3 atom stereocenters. The Hall–Kier alpha value is -3.56. The third-order valence-electron chi connectivity index (χ3n) is 8.58. The van der Waals surface area contributed by atoms with Crippen molar-refractivity contribution in [3.05, 3.63) is 59.2 Å². The van der Waals surface area contributed by atoms with Gasteiger partial charge >= 0.3 is 12.3 Å². The number of alkyl halides is 3. The van der Waals surface area contributed by atoms with Crippen molar-refractivity contribution in [3.8, 4) is 5.75 Å². The van der Waals surface area contributed by atoms with Gasteiger partial charge in [0.15, 0.2) is 0 Å². The number of hydrogen-bond donors (Lipinski definition) is 1. The van der Waals surface area contributed by atoms with Crippen LogP contribution in [-0.4, -0.2) is 46.2 Å². The molecule has 3 saturated carbocycles. The zero-order valence-corrected chi connectivity index (χ0v) is 21.9. The highest BCUT2D eigenvalue weighted by Crippen LogP contribution is 2.54. The molecule has 212 valence electrons. The minimum atomic E-state index is -4.82. The highest BCUT2D eigenvalue weighted by atomic mass is 19.4. The van der Waals surface area contributed by atoms with Crippen LogP contribution in [-0.2, 0) is 9.59 Å². The number of rotatable bonds is 8. The van der Waals surface area contributed by atoms with E-state index in [-0.39, 0.29) is 54.3 Å². The molecule has 2 aromatic rings. The van der Waals surface area contributed by atoms with E-state index < -0.39 is 18.1 Å². The largest absolute Gasteiger partial charge is 0.573 e. The third kappa shape index (κ3) is 5.28. The van der Waals surface area contributed by atoms with Gasteiger partial charge in [0, 0.05) is 35.7 Å². The van der Waals surface area contributed by atoms with Gasteiger partial charge in [-0.25, -0.2) is 0 Å². The Bertz CT molecular complexity index is 1320. The number of nitrogens with zero attached hydrogens (tertiary/aromatic N) is 2. The molecule has 7 nitrogen and oxygen atoms in total. The Balaban J connectivity index is 1.39. The van der Waals surface area contributed by atoms with Crippen LogP contribution in [0.2, 0.25) is 0 Å². The summed E-state index contributed by atoms with van der Waals surface area (Å²) in [5.74, 6) is -1.43. The number of carbonyl (C=O) groups excluding carboxylic acids is 2. The third-order valence-corrected chi connectivity index (χ3v) is 8.58. The van der Waals surface area contributed by atoms with E-state index in [2.05, 4.69) is 10.8 Å². The van der Waals surface area contributed by atoms with Gasteiger partial charge in [-0.05, 0) is 85.9 Å². The molecule has 1 N–H and O–H groups in total. The topological polar surface area (TPSA) is 87.2 Å². The molecule has 1 aliphatic heterocycles.